The average Bonchev–Trinajstić information content (AvgIpc) is 3.33. The van der Waals surface area contributed by atoms with E-state index in [1.807, 2.05) is 6.92 Å². The molecule has 0 fully saturated rings. The molecular weight excluding hydrogens is 384 g/mol. The van der Waals surface area contributed by atoms with Gasteiger partial charge in [-0.1, -0.05) is 32.1 Å². The third-order valence-corrected chi connectivity index (χ3v) is 5.01. The fourth-order valence-corrected chi connectivity index (χ4v) is 3.32. The molecule has 0 aliphatic heterocycles. The molecule has 0 aliphatic carbocycles. The fourth-order valence-electron chi connectivity index (χ4n) is 2.47. The van der Waals surface area contributed by atoms with Crippen LogP contribution in [0.4, 0.5) is 0 Å². The van der Waals surface area contributed by atoms with Crippen LogP contribution in [0.15, 0.2) is 33.7 Å². The maximum Gasteiger partial charge on any atom is 0.329 e. The zero-order valence-corrected chi connectivity index (χ0v) is 16.5. The molecule has 1 N–H and O–H groups in total. The van der Waals surface area contributed by atoms with Crippen molar-refractivity contribution in [3.8, 4) is 0 Å². The number of nitrogens with zero attached hydrogens (tertiary/aromatic N) is 3. The molecule has 1 amide bonds. The van der Waals surface area contributed by atoms with E-state index < -0.39 is 17.9 Å². The van der Waals surface area contributed by atoms with Crippen molar-refractivity contribution in [2.75, 3.05) is 0 Å². The zero-order valence-electron chi connectivity index (χ0n) is 15.7. The molecule has 3 heterocycles. The van der Waals surface area contributed by atoms with Crippen LogP contribution in [0.25, 0.3) is 4.96 Å². The Morgan fingerprint density at radius 2 is 2.18 bits per heavy atom. The Labute approximate surface area is 164 Å². The van der Waals surface area contributed by atoms with E-state index >= 15 is 0 Å². The van der Waals surface area contributed by atoms with E-state index in [9.17, 15) is 14.4 Å². The fraction of sp³-hybridized carbons (Fsp3) is 0.389. The van der Waals surface area contributed by atoms with Crippen LogP contribution < -0.4 is 10.9 Å². The minimum absolute atomic E-state index is 0.107. The highest BCUT2D eigenvalue weighted by Crippen LogP contribution is 2.13. The van der Waals surface area contributed by atoms with E-state index in [-0.39, 0.29) is 23.8 Å². The lowest BCUT2D eigenvalue weighted by Crippen LogP contribution is -2.45. The Bertz CT molecular complexity index is 1040. The van der Waals surface area contributed by atoms with Crippen molar-refractivity contribution < 1.29 is 18.7 Å². The van der Waals surface area contributed by atoms with Crippen molar-refractivity contribution in [2.45, 2.75) is 39.8 Å². The molecule has 148 valence electrons. The zero-order chi connectivity index (χ0) is 20.3. The molecule has 0 radical (unpaired) electrons. The second-order valence-corrected chi connectivity index (χ2v) is 7.45. The van der Waals surface area contributed by atoms with Crippen molar-refractivity contribution in [1.29, 1.82) is 0 Å². The van der Waals surface area contributed by atoms with E-state index in [1.54, 1.807) is 19.9 Å². The topological polar surface area (TPSA) is 116 Å². The molecule has 3 aromatic heterocycles. The summed E-state index contributed by atoms with van der Waals surface area (Å²) < 4.78 is 11.6. The van der Waals surface area contributed by atoms with Gasteiger partial charge in [0.1, 0.15) is 17.7 Å². The largest absolute Gasteiger partial charge is 0.459 e. The number of carbonyl (C=O) groups excluding carboxylic acids is 2. The van der Waals surface area contributed by atoms with Gasteiger partial charge in [0.25, 0.3) is 11.5 Å². The maximum atomic E-state index is 12.5. The predicted molar refractivity (Wildman–Crippen MR) is 101 cm³/mol. The summed E-state index contributed by atoms with van der Waals surface area (Å²) in [5, 5.41) is 7.57. The van der Waals surface area contributed by atoms with Crippen LogP contribution in [0, 0.1) is 5.92 Å². The van der Waals surface area contributed by atoms with Gasteiger partial charge in [-0.15, -0.1) is 0 Å². The van der Waals surface area contributed by atoms with Gasteiger partial charge in [0.15, 0.2) is 5.76 Å². The van der Waals surface area contributed by atoms with Gasteiger partial charge in [0.2, 0.25) is 4.96 Å². The molecule has 1 atom stereocenters. The molecule has 3 aromatic rings. The summed E-state index contributed by atoms with van der Waals surface area (Å²) in [5.74, 6) is -1.22. The minimum Gasteiger partial charge on any atom is -0.459 e. The molecule has 0 aliphatic rings. The van der Waals surface area contributed by atoms with Gasteiger partial charge in [0.05, 0.1) is 12.0 Å². The smallest absolute Gasteiger partial charge is 0.329 e. The first-order valence-corrected chi connectivity index (χ1v) is 9.60. The number of nitrogens with one attached hydrogen (secondary N) is 1. The van der Waals surface area contributed by atoms with Gasteiger partial charge in [-0.05, 0) is 24.5 Å². The molecule has 3 rings (SSSR count). The Morgan fingerprint density at radius 3 is 2.82 bits per heavy atom. The first-order chi connectivity index (χ1) is 13.4. The lowest BCUT2D eigenvalue weighted by Gasteiger charge is -2.20. The van der Waals surface area contributed by atoms with Crippen LogP contribution in [0.5, 0.6) is 0 Å². The minimum atomic E-state index is -0.863. The Balaban J connectivity index is 1.69. The summed E-state index contributed by atoms with van der Waals surface area (Å²) >= 11 is 1.31. The number of rotatable bonds is 7. The number of aromatic nitrogens is 3. The molecule has 0 unspecified atom stereocenters. The lowest BCUT2D eigenvalue weighted by atomic mass is 10.0. The van der Waals surface area contributed by atoms with Crippen LogP contribution in [0.2, 0.25) is 0 Å². The number of hydrogen-bond donors (Lipinski definition) is 1. The molecule has 0 saturated heterocycles. The Morgan fingerprint density at radius 1 is 1.39 bits per heavy atom. The average molecular weight is 404 g/mol. The third-order valence-electron chi connectivity index (χ3n) is 3.96. The summed E-state index contributed by atoms with van der Waals surface area (Å²) in [6.45, 7) is 5.33. The number of fused-ring (bicyclic) bond motifs is 1. The monoisotopic (exact) mass is 404 g/mol. The third kappa shape index (κ3) is 4.28. The van der Waals surface area contributed by atoms with Gasteiger partial charge in [-0.3, -0.25) is 9.59 Å². The van der Waals surface area contributed by atoms with Gasteiger partial charge in [-0.2, -0.15) is 9.61 Å². The Kier molecular flexibility index (Phi) is 5.88. The molecule has 0 bridgehead atoms. The summed E-state index contributed by atoms with van der Waals surface area (Å²) in [6.07, 6.45) is 2.07. The van der Waals surface area contributed by atoms with Crippen LogP contribution in [-0.4, -0.2) is 32.5 Å². The van der Waals surface area contributed by atoms with Crippen molar-refractivity contribution in [3.63, 3.8) is 0 Å². The standard InChI is InChI=1S/C18H20N4O5S/c1-4-13-21-22-14(23)8-11(19-18(22)28-13)9-27-17(25)15(10(2)3)20-16(24)12-6-5-7-26-12/h5-8,10,15H,4,9H2,1-3H3,(H,20,24)/t15-/m0/s1. The van der Waals surface area contributed by atoms with Gasteiger partial charge < -0.3 is 14.5 Å². The van der Waals surface area contributed by atoms with Gasteiger partial charge in [0, 0.05) is 6.07 Å². The number of carbonyl (C=O) groups is 2. The van der Waals surface area contributed by atoms with Gasteiger partial charge >= 0.3 is 5.97 Å². The quantitative estimate of drug-likeness (QED) is 0.597. The second kappa shape index (κ2) is 8.34. The van der Waals surface area contributed by atoms with Crippen LogP contribution in [-0.2, 0) is 22.6 Å². The summed E-state index contributed by atoms with van der Waals surface area (Å²) in [6, 6.07) is 3.51. The van der Waals surface area contributed by atoms with Crippen molar-refractivity contribution in [3.05, 3.63) is 51.3 Å². The number of hydrogen-bond acceptors (Lipinski definition) is 8. The van der Waals surface area contributed by atoms with Crippen molar-refractivity contribution >= 4 is 28.2 Å². The molecule has 0 spiro atoms. The molecular formula is C18H20N4O5S. The van der Waals surface area contributed by atoms with E-state index in [0.29, 0.717) is 17.1 Å². The Hall–Kier alpha value is -3.01. The summed E-state index contributed by atoms with van der Waals surface area (Å²) in [5.41, 5.74) is -0.0111. The normalized spacial score (nSPS) is 12.3. The van der Waals surface area contributed by atoms with Crippen LogP contribution in [0.3, 0.4) is 0 Å². The van der Waals surface area contributed by atoms with Crippen LogP contribution in [0.1, 0.15) is 42.0 Å². The van der Waals surface area contributed by atoms with E-state index in [4.69, 9.17) is 9.15 Å². The number of esters is 1. The highest BCUT2D eigenvalue weighted by atomic mass is 32.1. The summed E-state index contributed by atoms with van der Waals surface area (Å²) in [4.78, 5) is 41.5. The lowest BCUT2D eigenvalue weighted by molar-refractivity contribution is -0.148. The molecule has 10 heteroatoms. The van der Waals surface area contributed by atoms with Crippen LogP contribution >= 0.6 is 11.3 Å². The van der Waals surface area contributed by atoms with Crippen molar-refractivity contribution in [2.24, 2.45) is 5.92 Å². The molecule has 0 aromatic carbocycles. The number of furan rings is 1. The number of amides is 1. The first-order valence-electron chi connectivity index (χ1n) is 8.78. The molecule has 9 nitrogen and oxygen atoms in total. The second-order valence-electron chi connectivity index (χ2n) is 6.41. The number of aryl methyl sites for hydroxylation is 1. The van der Waals surface area contributed by atoms with E-state index in [0.717, 1.165) is 5.01 Å². The predicted octanol–water partition coefficient (Wildman–Crippen LogP) is 1.80. The molecule has 28 heavy (non-hydrogen) atoms. The highest BCUT2D eigenvalue weighted by Gasteiger charge is 2.27. The van der Waals surface area contributed by atoms with Crippen molar-refractivity contribution in [1.82, 2.24) is 19.9 Å². The highest BCUT2D eigenvalue weighted by molar-refractivity contribution is 7.16. The molecule has 0 saturated carbocycles. The van der Waals surface area contributed by atoms with E-state index in [2.05, 4.69) is 15.4 Å². The number of ether oxygens (including phenoxy) is 1. The maximum absolute atomic E-state index is 12.5. The SMILES string of the molecule is CCc1nn2c(=O)cc(COC(=O)[C@@H](NC(=O)c3ccco3)C(C)C)nc2s1. The summed E-state index contributed by atoms with van der Waals surface area (Å²) in [7, 11) is 0. The van der Waals surface area contributed by atoms with Gasteiger partial charge in [-0.25, -0.2) is 9.78 Å². The van der Waals surface area contributed by atoms with E-state index in [1.165, 1.54) is 34.2 Å². The first kappa shape index (κ1) is 19.7.